The molecule has 4 heteroatoms. The maximum Gasteiger partial charge on any atom is 0.309 e. The third kappa shape index (κ3) is 1.79. The van der Waals surface area contributed by atoms with Gasteiger partial charge in [0.15, 0.2) is 0 Å². The fourth-order valence-electron chi connectivity index (χ4n) is 4.41. The largest absolute Gasteiger partial charge is 0.458 e. The zero-order chi connectivity index (χ0) is 13.8. The highest BCUT2D eigenvalue weighted by Gasteiger charge is 2.60. The lowest BCUT2D eigenvalue weighted by atomic mass is 9.72. The van der Waals surface area contributed by atoms with Crippen molar-refractivity contribution in [3.05, 3.63) is 0 Å². The van der Waals surface area contributed by atoms with Crippen molar-refractivity contribution in [3.8, 4) is 0 Å². The summed E-state index contributed by atoms with van der Waals surface area (Å²) in [6.45, 7) is 6.14. The van der Waals surface area contributed by atoms with Gasteiger partial charge in [-0.3, -0.25) is 9.59 Å². The molecule has 3 fully saturated rings. The summed E-state index contributed by atoms with van der Waals surface area (Å²) < 4.78 is 11.3. The van der Waals surface area contributed by atoms with Crippen LogP contribution in [0.4, 0.5) is 0 Å². The predicted octanol–water partition coefficient (Wildman–Crippen LogP) is 2.31. The van der Waals surface area contributed by atoms with Crippen LogP contribution in [-0.2, 0) is 19.1 Å². The van der Waals surface area contributed by atoms with E-state index in [9.17, 15) is 9.59 Å². The Morgan fingerprint density at radius 1 is 1.16 bits per heavy atom. The number of hydrogen-bond donors (Lipinski definition) is 0. The van der Waals surface area contributed by atoms with Crippen LogP contribution >= 0.6 is 0 Å². The molecule has 0 aromatic heterocycles. The molecule has 0 bridgehead atoms. The summed E-state index contributed by atoms with van der Waals surface area (Å²) >= 11 is 0. The summed E-state index contributed by atoms with van der Waals surface area (Å²) in [6.07, 6.45) is 3.16. The van der Waals surface area contributed by atoms with Gasteiger partial charge in [-0.1, -0.05) is 13.8 Å². The van der Waals surface area contributed by atoms with E-state index < -0.39 is 5.60 Å². The van der Waals surface area contributed by atoms with Gasteiger partial charge >= 0.3 is 11.9 Å². The minimum absolute atomic E-state index is 0.0756. The van der Waals surface area contributed by atoms with Crippen molar-refractivity contribution in [2.75, 3.05) is 0 Å². The van der Waals surface area contributed by atoms with Crippen molar-refractivity contribution < 1.29 is 19.1 Å². The van der Waals surface area contributed by atoms with Gasteiger partial charge in [-0.05, 0) is 32.1 Å². The van der Waals surface area contributed by atoms with E-state index in [1.165, 1.54) is 0 Å². The van der Waals surface area contributed by atoms with Crippen LogP contribution in [0.25, 0.3) is 0 Å². The van der Waals surface area contributed by atoms with Crippen molar-refractivity contribution in [2.24, 2.45) is 23.7 Å². The van der Waals surface area contributed by atoms with Crippen molar-refractivity contribution in [1.29, 1.82) is 0 Å². The molecule has 2 aliphatic heterocycles. The first-order chi connectivity index (χ1) is 8.93. The third-order valence-electron chi connectivity index (χ3n) is 5.58. The van der Waals surface area contributed by atoms with Gasteiger partial charge < -0.3 is 9.47 Å². The normalized spacial score (nSPS) is 49.7. The van der Waals surface area contributed by atoms with Gasteiger partial charge in [0, 0.05) is 18.3 Å². The minimum Gasteiger partial charge on any atom is -0.458 e. The van der Waals surface area contributed by atoms with E-state index in [-0.39, 0.29) is 29.9 Å². The zero-order valence-corrected chi connectivity index (χ0v) is 11.8. The van der Waals surface area contributed by atoms with E-state index in [0.29, 0.717) is 18.3 Å². The molecule has 106 valence electrons. The van der Waals surface area contributed by atoms with Crippen LogP contribution in [0.15, 0.2) is 0 Å². The van der Waals surface area contributed by atoms with Crippen molar-refractivity contribution in [1.82, 2.24) is 0 Å². The Bertz CT molecular complexity index is 418. The molecule has 0 amide bonds. The highest BCUT2D eigenvalue weighted by molar-refractivity contribution is 5.76. The first kappa shape index (κ1) is 12.9. The molecule has 19 heavy (non-hydrogen) atoms. The van der Waals surface area contributed by atoms with Crippen molar-refractivity contribution >= 4 is 11.9 Å². The molecule has 0 N–H and O–H groups in total. The SMILES string of the molecule is CC1CCC2C(C)C(=O)OC2C2(C)OC(=O)CCC12. The molecule has 3 aliphatic rings. The number of esters is 2. The van der Waals surface area contributed by atoms with E-state index in [4.69, 9.17) is 9.47 Å². The molecule has 6 unspecified atom stereocenters. The highest BCUT2D eigenvalue weighted by Crippen LogP contribution is 2.51. The van der Waals surface area contributed by atoms with Crippen LogP contribution < -0.4 is 0 Å². The molecule has 2 heterocycles. The Balaban J connectivity index is 2.00. The average Bonchev–Trinajstić information content (AvgIpc) is 2.58. The molecule has 0 aromatic carbocycles. The molecule has 0 aromatic rings. The van der Waals surface area contributed by atoms with Gasteiger partial charge in [-0.25, -0.2) is 0 Å². The Morgan fingerprint density at radius 2 is 1.89 bits per heavy atom. The summed E-state index contributed by atoms with van der Waals surface area (Å²) in [5.74, 6) is 0.644. The van der Waals surface area contributed by atoms with Crippen LogP contribution in [0, 0.1) is 23.7 Å². The number of rotatable bonds is 0. The number of ether oxygens (including phenoxy) is 2. The Hall–Kier alpha value is -1.06. The Kier molecular flexibility index (Phi) is 2.88. The van der Waals surface area contributed by atoms with Gasteiger partial charge in [-0.2, -0.15) is 0 Å². The van der Waals surface area contributed by atoms with Crippen LogP contribution in [0.2, 0.25) is 0 Å². The first-order valence-corrected chi connectivity index (χ1v) is 7.36. The number of carbonyl (C=O) groups excluding carboxylic acids is 2. The molecular weight excluding hydrogens is 244 g/mol. The number of fused-ring (bicyclic) bond motifs is 3. The molecule has 6 atom stereocenters. The maximum absolute atomic E-state index is 11.9. The van der Waals surface area contributed by atoms with E-state index >= 15 is 0 Å². The van der Waals surface area contributed by atoms with Crippen LogP contribution in [-0.4, -0.2) is 23.6 Å². The quantitative estimate of drug-likeness (QED) is 0.631. The van der Waals surface area contributed by atoms with Gasteiger partial charge in [0.2, 0.25) is 0 Å². The number of hydrogen-bond acceptors (Lipinski definition) is 4. The lowest BCUT2D eigenvalue weighted by Gasteiger charge is -2.45. The summed E-state index contributed by atoms with van der Waals surface area (Å²) in [4.78, 5) is 23.6. The maximum atomic E-state index is 11.9. The smallest absolute Gasteiger partial charge is 0.309 e. The van der Waals surface area contributed by atoms with Crippen LogP contribution in [0.3, 0.4) is 0 Å². The van der Waals surface area contributed by atoms with Gasteiger partial charge in [0.1, 0.15) is 11.7 Å². The number of carbonyl (C=O) groups is 2. The van der Waals surface area contributed by atoms with Gasteiger partial charge in [0.25, 0.3) is 0 Å². The van der Waals surface area contributed by atoms with Gasteiger partial charge in [-0.15, -0.1) is 0 Å². The zero-order valence-electron chi connectivity index (χ0n) is 11.8. The van der Waals surface area contributed by atoms with Gasteiger partial charge in [0.05, 0.1) is 5.92 Å². The highest BCUT2D eigenvalue weighted by atomic mass is 16.6. The first-order valence-electron chi connectivity index (χ1n) is 7.36. The second kappa shape index (κ2) is 4.22. The Morgan fingerprint density at radius 3 is 2.63 bits per heavy atom. The Labute approximate surface area is 113 Å². The molecule has 4 nitrogen and oxygen atoms in total. The monoisotopic (exact) mass is 266 g/mol. The lowest BCUT2D eigenvalue weighted by Crippen LogP contribution is -2.55. The molecule has 0 spiro atoms. The van der Waals surface area contributed by atoms with Crippen molar-refractivity contribution in [3.63, 3.8) is 0 Å². The third-order valence-corrected chi connectivity index (χ3v) is 5.58. The lowest BCUT2D eigenvalue weighted by molar-refractivity contribution is -0.202. The summed E-state index contributed by atoms with van der Waals surface area (Å²) in [5.41, 5.74) is -0.629. The second-order valence-electron chi connectivity index (χ2n) is 6.67. The van der Waals surface area contributed by atoms with E-state index in [1.54, 1.807) is 0 Å². The molecule has 1 aliphatic carbocycles. The predicted molar refractivity (Wildman–Crippen MR) is 68.2 cm³/mol. The molecule has 3 rings (SSSR count). The standard InChI is InChI=1S/C15H22O4/c1-8-4-5-10-9(2)14(17)18-13(10)15(3)11(8)6-7-12(16)19-15/h8-11,13H,4-7H2,1-3H3. The second-order valence-corrected chi connectivity index (χ2v) is 6.67. The summed E-state index contributed by atoms with van der Waals surface area (Å²) in [5, 5.41) is 0. The minimum atomic E-state index is -0.629. The van der Waals surface area contributed by atoms with E-state index in [1.807, 2.05) is 13.8 Å². The van der Waals surface area contributed by atoms with Crippen molar-refractivity contribution in [2.45, 2.75) is 58.2 Å². The molecule has 0 radical (unpaired) electrons. The van der Waals surface area contributed by atoms with Crippen LogP contribution in [0.1, 0.15) is 46.5 Å². The summed E-state index contributed by atoms with van der Waals surface area (Å²) in [6, 6.07) is 0. The van der Waals surface area contributed by atoms with Crippen LogP contribution in [0.5, 0.6) is 0 Å². The average molecular weight is 266 g/mol. The molecule has 1 saturated carbocycles. The molecular formula is C15H22O4. The topological polar surface area (TPSA) is 52.6 Å². The van der Waals surface area contributed by atoms with E-state index in [2.05, 4.69) is 6.92 Å². The fraction of sp³-hybridized carbons (Fsp3) is 0.867. The van der Waals surface area contributed by atoms with E-state index in [0.717, 1.165) is 19.3 Å². The summed E-state index contributed by atoms with van der Waals surface area (Å²) in [7, 11) is 0. The molecule has 2 saturated heterocycles. The fourth-order valence-corrected chi connectivity index (χ4v) is 4.41.